The summed E-state index contributed by atoms with van der Waals surface area (Å²) in [5.74, 6) is 2.00. The molecule has 7 heteroatoms. The van der Waals surface area contributed by atoms with Crippen LogP contribution in [0.5, 0.6) is 23.0 Å². The second kappa shape index (κ2) is 8.62. The van der Waals surface area contributed by atoms with Gasteiger partial charge >= 0.3 is 0 Å². The average molecular weight is 374 g/mol. The first-order valence-corrected chi connectivity index (χ1v) is 8.66. The smallest absolute Gasteiger partial charge is 0.203 e. The van der Waals surface area contributed by atoms with Crippen LogP contribution in [0, 0.1) is 5.82 Å². The Hall–Kier alpha value is -2.96. The summed E-state index contributed by atoms with van der Waals surface area (Å²) in [6.07, 6.45) is 0.988. The number of hydrogen-bond donors (Lipinski definition) is 1. The van der Waals surface area contributed by atoms with Gasteiger partial charge in [-0.25, -0.2) is 4.39 Å². The van der Waals surface area contributed by atoms with E-state index in [9.17, 15) is 4.39 Å². The molecule has 1 aliphatic heterocycles. The Bertz CT molecular complexity index is 814. The molecule has 0 aliphatic carbocycles. The summed E-state index contributed by atoms with van der Waals surface area (Å²) in [5, 5.41) is 3.18. The highest BCUT2D eigenvalue weighted by Gasteiger charge is 2.15. The fourth-order valence-electron chi connectivity index (χ4n) is 2.87. The van der Waals surface area contributed by atoms with Crippen LogP contribution < -0.4 is 24.3 Å². The highest BCUT2D eigenvalue weighted by molar-refractivity contribution is 5.99. The molecular weight excluding hydrogens is 351 g/mol. The van der Waals surface area contributed by atoms with Gasteiger partial charge in [0.05, 0.1) is 21.3 Å². The number of ether oxygens (including phenoxy) is 4. The number of aliphatic imine (C=N–C) groups is 1. The Balaban J connectivity index is 1.76. The van der Waals surface area contributed by atoms with Gasteiger partial charge in [0.2, 0.25) is 5.75 Å². The SMILES string of the molecule is COc1cc(COc2ccc(C3=NCCCN3)cc2F)cc(OC)c1OC. The quantitative estimate of drug-likeness (QED) is 0.807. The molecular formula is C20H23FN2O4. The third-order valence-corrected chi connectivity index (χ3v) is 4.22. The fourth-order valence-corrected chi connectivity index (χ4v) is 2.87. The van der Waals surface area contributed by atoms with Crippen molar-refractivity contribution in [3.63, 3.8) is 0 Å². The van der Waals surface area contributed by atoms with Crippen molar-refractivity contribution in [2.24, 2.45) is 4.99 Å². The van der Waals surface area contributed by atoms with Crippen molar-refractivity contribution in [2.75, 3.05) is 34.4 Å². The topological polar surface area (TPSA) is 61.3 Å². The van der Waals surface area contributed by atoms with Gasteiger partial charge in [-0.05, 0) is 42.3 Å². The zero-order chi connectivity index (χ0) is 19.2. The van der Waals surface area contributed by atoms with Crippen LogP contribution in [-0.4, -0.2) is 40.3 Å². The number of benzene rings is 2. The second-order valence-electron chi connectivity index (χ2n) is 5.98. The molecule has 0 aromatic heterocycles. The number of halogens is 1. The molecule has 0 unspecified atom stereocenters. The minimum Gasteiger partial charge on any atom is -0.493 e. The van der Waals surface area contributed by atoms with E-state index < -0.39 is 5.82 Å². The predicted octanol–water partition coefficient (Wildman–Crippen LogP) is 3.17. The van der Waals surface area contributed by atoms with Gasteiger partial charge < -0.3 is 24.3 Å². The standard InChI is InChI=1S/C20H23FN2O4/c1-24-17-9-13(10-18(25-2)19(17)26-3)12-27-16-6-5-14(11-15(16)21)20-22-7-4-8-23-20/h5-6,9-11H,4,7-8,12H2,1-3H3,(H,22,23). The maximum Gasteiger partial charge on any atom is 0.203 e. The Morgan fingerprint density at radius 1 is 1.00 bits per heavy atom. The summed E-state index contributed by atoms with van der Waals surface area (Å²) >= 11 is 0. The highest BCUT2D eigenvalue weighted by Crippen LogP contribution is 2.38. The molecule has 0 atom stereocenters. The van der Waals surface area contributed by atoms with Crippen molar-refractivity contribution >= 4 is 5.84 Å². The van der Waals surface area contributed by atoms with E-state index in [4.69, 9.17) is 18.9 Å². The van der Waals surface area contributed by atoms with Crippen LogP contribution in [0.3, 0.4) is 0 Å². The largest absolute Gasteiger partial charge is 0.493 e. The van der Waals surface area contributed by atoms with Crippen LogP contribution in [-0.2, 0) is 6.61 Å². The molecule has 0 radical (unpaired) electrons. The molecule has 0 bridgehead atoms. The van der Waals surface area contributed by atoms with Gasteiger partial charge in [-0.3, -0.25) is 4.99 Å². The van der Waals surface area contributed by atoms with Crippen molar-refractivity contribution in [1.82, 2.24) is 5.32 Å². The first kappa shape index (κ1) is 18.8. The predicted molar refractivity (Wildman–Crippen MR) is 101 cm³/mol. The van der Waals surface area contributed by atoms with E-state index >= 15 is 0 Å². The molecule has 0 amide bonds. The third-order valence-electron chi connectivity index (χ3n) is 4.22. The summed E-state index contributed by atoms with van der Waals surface area (Å²) in [7, 11) is 4.63. The lowest BCUT2D eigenvalue weighted by atomic mass is 10.1. The van der Waals surface area contributed by atoms with E-state index in [0.717, 1.165) is 30.9 Å². The number of amidine groups is 1. The van der Waals surface area contributed by atoms with Gasteiger partial charge in [-0.2, -0.15) is 0 Å². The van der Waals surface area contributed by atoms with Crippen LogP contribution in [0.15, 0.2) is 35.3 Å². The van der Waals surface area contributed by atoms with Crippen molar-refractivity contribution in [3.05, 3.63) is 47.3 Å². The first-order valence-electron chi connectivity index (χ1n) is 8.66. The molecule has 27 heavy (non-hydrogen) atoms. The zero-order valence-corrected chi connectivity index (χ0v) is 15.7. The van der Waals surface area contributed by atoms with Crippen LogP contribution in [0.1, 0.15) is 17.5 Å². The number of methoxy groups -OCH3 is 3. The first-order chi connectivity index (χ1) is 13.2. The summed E-state index contributed by atoms with van der Waals surface area (Å²) in [6, 6.07) is 8.39. The maximum absolute atomic E-state index is 14.4. The van der Waals surface area contributed by atoms with E-state index in [2.05, 4.69) is 10.3 Å². The van der Waals surface area contributed by atoms with E-state index in [-0.39, 0.29) is 12.4 Å². The zero-order valence-electron chi connectivity index (χ0n) is 15.7. The Morgan fingerprint density at radius 3 is 2.30 bits per heavy atom. The lowest BCUT2D eigenvalue weighted by molar-refractivity contribution is 0.285. The fraction of sp³-hybridized carbons (Fsp3) is 0.350. The van der Waals surface area contributed by atoms with Gasteiger partial charge in [-0.1, -0.05) is 0 Å². The Labute approximate surface area is 157 Å². The molecule has 1 heterocycles. The van der Waals surface area contributed by atoms with E-state index in [1.807, 2.05) is 0 Å². The van der Waals surface area contributed by atoms with Gasteiger partial charge in [0.1, 0.15) is 12.4 Å². The van der Waals surface area contributed by atoms with Crippen LogP contribution in [0.4, 0.5) is 4.39 Å². The molecule has 0 spiro atoms. The summed E-state index contributed by atoms with van der Waals surface area (Å²) in [5.41, 5.74) is 1.48. The van der Waals surface area contributed by atoms with Gasteiger partial charge in [0.15, 0.2) is 23.1 Å². The lowest BCUT2D eigenvalue weighted by Gasteiger charge is -2.16. The Morgan fingerprint density at radius 2 is 1.74 bits per heavy atom. The molecule has 0 saturated heterocycles. The normalized spacial score (nSPS) is 13.4. The number of rotatable bonds is 7. The van der Waals surface area contributed by atoms with Crippen LogP contribution in [0.25, 0.3) is 0 Å². The minimum absolute atomic E-state index is 0.159. The molecule has 3 rings (SSSR count). The average Bonchev–Trinajstić information content (AvgIpc) is 2.72. The van der Waals surface area contributed by atoms with Crippen molar-refractivity contribution in [2.45, 2.75) is 13.0 Å². The van der Waals surface area contributed by atoms with Gasteiger partial charge in [0, 0.05) is 18.7 Å². The Kier molecular flexibility index (Phi) is 6.01. The molecule has 2 aromatic carbocycles. The maximum atomic E-state index is 14.4. The van der Waals surface area contributed by atoms with Crippen LogP contribution in [0.2, 0.25) is 0 Å². The minimum atomic E-state index is -0.435. The molecule has 1 aliphatic rings. The van der Waals surface area contributed by atoms with Gasteiger partial charge in [0.25, 0.3) is 0 Å². The molecule has 6 nitrogen and oxygen atoms in total. The molecule has 1 N–H and O–H groups in total. The van der Waals surface area contributed by atoms with Crippen molar-refractivity contribution in [1.29, 1.82) is 0 Å². The van der Waals surface area contributed by atoms with Crippen LogP contribution >= 0.6 is 0 Å². The lowest BCUT2D eigenvalue weighted by Crippen LogP contribution is -2.30. The van der Waals surface area contributed by atoms with E-state index in [1.54, 1.807) is 45.6 Å². The summed E-state index contributed by atoms with van der Waals surface area (Å²) in [4.78, 5) is 4.38. The van der Waals surface area contributed by atoms with E-state index in [0.29, 0.717) is 22.8 Å². The summed E-state index contributed by atoms with van der Waals surface area (Å²) in [6.45, 7) is 1.76. The third kappa shape index (κ3) is 4.24. The monoisotopic (exact) mass is 374 g/mol. The number of hydrogen-bond acceptors (Lipinski definition) is 6. The second-order valence-corrected chi connectivity index (χ2v) is 5.98. The summed E-state index contributed by atoms with van der Waals surface area (Å²) < 4.78 is 36.0. The molecule has 144 valence electrons. The van der Waals surface area contributed by atoms with E-state index in [1.165, 1.54) is 6.07 Å². The van der Waals surface area contributed by atoms with Crippen molar-refractivity contribution in [3.8, 4) is 23.0 Å². The van der Waals surface area contributed by atoms with Crippen molar-refractivity contribution < 1.29 is 23.3 Å². The molecule has 0 saturated carbocycles. The number of nitrogens with one attached hydrogen (secondary N) is 1. The van der Waals surface area contributed by atoms with Gasteiger partial charge in [-0.15, -0.1) is 0 Å². The number of nitrogens with zero attached hydrogens (tertiary/aromatic N) is 1. The molecule has 0 fully saturated rings. The highest BCUT2D eigenvalue weighted by atomic mass is 19.1. The molecule has 2 aromatic rings.